The lowest BCUT2D eigenvalue weighted by Gasteiger charge is -2.17. The third kappa shape index (κ3) is 8.31. The van der Waals surface area contributed by atoms with E-state index >= 15 is 0 Å². The Labute approximate surface area is 160 Å². The van der Waals surface area contributed by atoms with E-state index in [1.807, 2.05) is 39.8 Å². The van der Waals surface area contributed by atoms with E-state index in [-0.39, 0.29) is 4.75 Å². The Bertz CT molecular complexity index is 721. The summed E-state index contributed by atoms with van der Waals surface area (Å²) >= 11 is 0. The molecule has 0 aliphatic heterocycles. The van der Waals surface area contributed by atoms with Crippen LogP contribution in [0.1, 0.15) is 33.3 Å². The maximum Gasteiger partial charge on any atom is 0.191 e. The molecule has 1 rings (SSSR count). The topological polar surface area (TPSA) is 87.6 Å². The van der Waals surface area contributed by atoms with Crippen molar-refractivity contribution >= 4 is 26.6 Å². The molecule has 0 aliphatic carbocycles. The Morgan fingerprint density at radius 1 is 1.15 bits per heavy atom. The predicted octanol–water partition coefficient (Wildman–Crippen LogP) is 1.73. The van der Waals surface area contributed by atoms with E-state index in [0.29, 0.717) is 29.7 Å². The Kier molecular flexibility index (Phi) is 8.76. The van der Waals surface area contributed by atoms with Crippen LogP contribution in [0.3, 0.4) is 0 Å². The first-order valence-electron chi connectivity index (χ1n) is 8.73. The summed E-state index contributed by atoms with van der Waals surface area (Å²) in [4.78, 5) is 4.80. The molecule has 2 N–H and O–H groups in total. The van der Waals surface area contributed by atoms with Gasteiger partial charge in [0, 0.05) is 40.6 Å². The zero-order valence-electron chi connectivity index (χ0n) is 16.3. The van der Waals surface area contributed by atoms with Crippen molar-refractivity contribution in [2.24, 2.45) is 4.99 Å². The van der Waals surface area contributed by atoms with Gasteiger partial charge < -0.3 is 10.6 Å². The Morgan fingerprint density at radius 3 is 2.27 bits per heavy atom. The van der Waals surface area contributed by atoms with Crippen LogP contribution in [0.15, 0.2) is 34.2 Å². The number of hydrogen-bond acceptors (Lipinski definition) is 4. The van der Waals surface area contributed by atoms with Gasteiger partial charge >= 0.3 is 0 Å². The van der Waals surface area contributed by atoms with Gasteiger partial charge in [0.1, 0.15) is 0 Å². The van der Waals surface area contributed by atoms with Crippen molar-refractivity contribution in [1.82, 2.24) is 10.6 Å². The zero-order chi connectivity index (χ0) is 19.8. The van der Waals surface area contributed by atoms with E-state index in [1.54, 1.807) is 12.1 Å². The van der Waals surface area contributed by atoms with Crippen molar-refractivity contribution in [3.8, 4) is 0 Å². The monoisotopic (exact) mass is 401 g/mol. The van der Waals surface area contributed by atoms with Crippen molar-refractivity contribution in [1.29, 1.82) is 0 Å². The first kappa shape index (κ1) is 22.6. The lowest BCUT2D eigenvalue weighted by atomic mass is 10.1. The third-order valence-corrected chi connectivity index (χ3v) is 6.68. The Balaban J connectivity index is 2.53. The van der Waals surface area contributed by atoms with Gasteiger partial charge in [-0.3, -0.25) is 9.20 Å². The van der Waals surface area contributed by atoms with Crippen molar-refractivity contribution < 1.29 is 12.6 Å². The van der Waals surface area contributed by atoms with Crippen LogP contribution < -0.4 is 10.6 Å². The van der Waals surface area contributed by atoms with E-state index in [4.69, 9.17) is 0 Å². The fraction of sp³-hybridized carbons (Fsp3) is 0.611. The number of hydrogen-bond donors (Lipinski definition) is 2. The molecule has 148 valence electrons. The summed E-state index contributed by atoms with van der Waals surface area (Å²) in [6.45, 7) is 9.81. The molecule has 1 atom stereocenters. The molecule has 1 aromatic rings. The summed E-state index contributed by atoms with van der Waals surface area (Å²) in [5.74, 6) is 1.23. The van der Waals surface area contributed by atoms with Crippen LogP contribution in [0.2, 0.25) is 0 Å². The lowest BCUT2D eigenvalue weighted by Crippen LogP contribution is -2.38. The minimum absolute atomic E-state index is 0.223. The van der Waals surface area contributed by atoms with Crippen molar-refractivity contribution in [3.63, 3.8) is 0 Å². The summed E-state index contributed by atoms with van der Waals surface area (Å²) in [6.07, 6.45) is 1.96. The van der Waals surface area contributed by atoms with Crippen LogP contribution in [-0.4, -0.2) is 55.0 Å². The normalized spacial score (nSPS) is 14.1. The largest absolute Gasteiger partial charge is 0.357 e. The molecule has 0 saturated carbocycles. The molecule has 0 radical (unpaired) electrons. The van der Waals surface area contributed by atoms with Gasteiger partial charge in [0.25, 0.3) is 0 Å². The number of sulfone groups is 1. The number of guanidine groups is 1. The van der Waals surface area contributed by atoms with Gasteiger partial charge in [-0.2, -0.15) is 0 Å². The first-order valence-corrected chi connectivity index (χ1v) is 11.9. The molecular formula is C18H31N3O3S2. The van der Waals surface area contributed by atoms with E-state index in [0.717, 1.165) is 18.5 Å². The van der Waals surface area contributed by atoms with Crippen LogP contribution >= 0.6 is 0 Å². The second-order valence-electron chi connectivity index (χ2n) is 7.02. The molecule has 26 heavy (non-hydrogen) atoms. The summed E-state index contributed by atoms with van der Waals surface area (Å²) < 4.78 is 34.8. The molecule has 1 aromatic carbocycles. The summed E-state index contributed by atoms with van der Waals surface area (Å²) in [5, 5.41) is 6.42. The average molecular weight is 402 g/mol. The second kappa shape index (κ2) is 10.1. The lowest BCUT2D eigenvalue weighted by molar-refractivity contribution is 0.602. The van der Waals surface area contributed by atoms with Crippen LogP contribution in [0.4, 0.5) is 0 Å². The second-order valence-corrected chi connectivity index (χ2v) is 11.4. The zero-order valence-corrected chi connectivity index (χ0v) is 18.0. The predicted molar refractivity (Wildman–Crippen MR) is 110 cm³/mol. The minimum atomic E-state index is -3.16. The Hall–Kier alpha value is -1.41. The highest BCUT2D eigenvalue weighted by molar-refractivity contribution is 7.90. The van der Waals surface area contributed by atoms with E-state index in [9.17, 15) is 12.6 Å². The molecule has 0 aromatic heterocycles. The molecule has 0 bridgehead atoms. The van der Waals surface area contributed by atoms with Gasteiger partial charge in [0.2, 0.25) is 0 Å². The number of benzene rings is 1. The fourth-order valence-electron chi connectivity index (χ4n) is 2.12. The van der Waals surface area contributed by atoms with Gasteiger partial charge in [-0.25, -0.2) is 8.42 Å². The summed E-state index contributed by atoms with van der Waals surface area (Å²) in [7, 11) is -4.07. The van der Waals surface area contributed by atoms with Crippen LogP contribution in [0.5, 0.6) is 0 Å². The van der Waals surface area contributed by atoms with Crippen LogP contribution in [-0.2, 0) is 27.1 Å². The molecule has 8 heteroatoms. The third-order valence-electron chi connectivity index (χ3n) is 3.63. The smallest absolute Gasteiger partial charge is 0.191 e. The Morgan fingerprint density at radius 2 is 1.77 bits per heavy atom. The number of nitrogens with zero attached hydrogens (tertiary/aromatic N) is 1. The summed E-state index contributed by atoms with van der Waals surface area (Å²) in [6, 6.07) is 6.92. The highest BCUT2D eigenvalue weighted by Crippen LogP contribution is 2.11. The van der Waals surface area contributed by atoms with Crippen LogP contribution in [0, 0.1) is 0 Å². The van der Waals surface area contributed by atoms with Gasteiger partial charge in [-0.05, 0) is 51.8 Å². The molecular weight excluding hydrogens is 370 g/mol. The molecule has 1 unspecified atom stereocenters. The highest BCUT2D eigenvalue weighted by Gasteiger charge is 2.18. The molecule has 0 fully saturated rings. The number of nitrogens with one attached hydrogen (secondary N) is 2. The summed E-state index contributed by atoms with van der Waals surface area (Å²) in [5.41, 5.74) is 1.05. The van der Waals surface area contributed by atoms with E-state index in [2.05, 4.69) is 15.6 Å². The first-order chi connectivity index (χ1) is 12.0. The van der Waals surface area contributed by atoms with Crippen molar-refractivity contribution in [2.75, 3.05) is 31.6 Å². The quantitative estimate of drug-likeness (QED) is 0.512. The maximum atomic E-state index is 12.1. The molecule has 0 amide bonds. The standard InChI is InChI=1S/C18H31N3O3S2/c1-6-19-17(21-13-14-25(22)18(2,3)4)20-12-11-15-7-9-16(10-8-15)26(5,23)24/h7-10H,6,11-14H2,1-5H3,(H2,19,20,21). The van der Waals surface area contributed by atoms with Crippen molar-refractivity contribution in [2.45, 2.75) is 43.8 Å². The SMILES string of the molecule is CCNC(=NCCS(=O)C(C)(C)C)NCCc1ccc(S(C)(=O)=O)cc1. The van der Waals surface area contributed by atoms with Gasteiger partial charge in [0.15, 0.2) is 15.8 Å². The minimum Gasteiger partial charge on any atom is -0.357 e. The number of aliphatic imine (C=N–C) groups is 1. The fourth-order valence-corrected chi connectivity index (χ4v) is 3.62. The van der Waals surface area contributed by atoms with Gasteiger partial charge in [-0.15, -0.1) is 0 Å². The highest BCUT2D eigenvalue weighted by atomic mass is 32.2. The molecule has 0 saturated heterocycles. The van der Waals surface area contributed by atoms with E-state index in [1.165, 1.54) is 6.26 Å². The van der Waals surface area contributed by atoms with Crippen LogP contribution in [0.25, 0.3) is 0 Å². The molecule has 6 nitrogen and oxygen atoms in total. The van der Waals surface area contributed by atoms with Gasteiger partial charge in [-0.1, -0.05) is 12.1 Å². The molecule has 0 heterocycles. The number of rotatable bonds is 8. The average Bonchev–Trinajstić information content (AvgIpc) is 2.53. The molecule has 0 aliphatic rings. The maximum absolute atomic E-state index is 12.1. The van der Waals surface area contributed by atoms with Crippen molar-refractivity contribution in [3.05, 3.63) is 29.8 Å². The molecule has 0 spiro atoms. The van der Waals surface area contributed by atoms with E-state index < -0.39 is 20.6 Å². The van der Waals surface area contributed by atoms with Gasteiger partial charge in [0.05, 0.1) is 11.4 Å².